The average molecular weight is 386 g/mol. The summed E-state index contributed by atoms with van der Waals surface area (Å²) in [5.41, 5.74) is 0.991. The molecule has 8 nitrogen and oxygen atoms in total. The summed E-state index contributed by atoms with van der Waals surface area (Å²) in [6.45, 7) is 4.82. The largest absolute Gasteiger partial charge is 0.493 e. The van der Waals surface area contributed by atoms with Crippen molar-refractivity contribution in [3.8, 4) is 22.9 Å². The first-order valence-electron chi connectivity index (χ1n) is 9.40. The molecule has 0 aliphatic heterocycles. The van der Waals surface area contributed by atoms with Gasteiger partial charge in [0, 0.05) is 25.7 Å². The molecular formula is C20H26N4O4. The Labute approximate surface area is 163 Å². The van der Waals surface area contributed by atoms with Crippen LogP contribution in [0.1, 0.15) is 26.7 Å². The maximum absolute atomic E-state index is 13.0. The zero-order valence-corrected chi connectivity index (χ0v) is 17.0. The molecule has 8 heteroatoms. The Morgan fingerprint density at radius 1 is 0.964 bits per heavy atom. The Morgan fingerprint density at radius 2 is 1.61 bits per heavy atom. The summed E-state index contributed by atoms with van der Waals surface area (Å²) < 4.78 is 15.3. The van der Waals surface area contributed by atoms with Crippen molar-refractivity contribution in [1.29, 1.82) is 0 Å². The van der Waals surface area contributed by atoms with E-state index in [4.69, 9.17) is 9.47 Å². The standard InChI is InChI=1S/C20H26N4O4/c1-6-10-23-18-16(19(25)24(11-7-2)20(23)26)22(3)17(21-18)13-8-9-14(27-4)15(12-13)28-5/h8-9,12H,6-7,10-11H2,1-5H3. The number of aryl methyl sites for hydroxylation is 2. The van der Waals surface area contributed by atoms with Gasteiger partial charge in [-0.15, -0.1) is 0 Å². The van der Waals surface area contributed by atoms with E-state index >= 15 is 0 Å². The molecule has 0 aliphatic rings. The summed E-state index contributed by atoms with van der Waals surface area (Å²) in [7, 11) is 4.94. The first-order chi connectivity index (χ1) is 13.5. The lowest BCUT2D eigenvalue weighted by Crippen LogP contribution is -2.40. The molecule has 2 aromatic heterocycles. The molecule has 0 fully saturated rings. The first-order valence-corrected chi connectivity index (χ1v) is 9.40. The van der Waals surface area contributed by atoms with Gasteiger partial charge in [0.2, 0.25) is 0 Å². The molecule has 0 bridgehead atoms. The van der Waals surface area contributed by atoms with Gasteiger partial charge in [-0.2, -0.15) is 0 Å². The molecule has 2 heterocycles. The fraction of sp³-hybridized carbons (Fsp3) is 0.450. The van der Waals surface area contributed by atoms with Crippen molar-refractivity contribution in [2.75, 3.05) is 14.2 Å². The lowest BCUT2D eigenvalue weighted by atomic mass is 10.2. The Balaban J connectivity index is 2.34. The molecule has 0 radical (unpaired) electrons. The van der Waals surface area contributed by atoms with Crippen LogP contribution in [0, 0.1) is 0 Å². The summed E-state index contributed by atoms with van der Waals surface area (Å²) in [5.74, 6) is 1.77. The van der Waals surface area contributed by atoms with Gasteiger partial charge in [0.05, 0.1) is 14.2 Å². The minimum absolute atomic E-state index is 0.307. The topological polar surface area (TPSA) is 80.3 Å². The minimum atomic E-state index is -0.309. The summed E-state index contributed by atoms with van der Waals surface area (Å²) in [5, 5.41) is 0. The van der Waals surface area contributed by atoms with Crippen molar-refractivity contribution in [1.82, 2.24) is 18.7 Å². The number of rotatable bonds is 7. The Bertz CT molecular complexity index is 1120. The third kappa shape index (κ3) is 3.08. The van der Waals surface area contributed by atoms with Crippen LogP contribution in [0.15, 0.2) is 27.8 Å². The molecule has 1 aromatic carbocycles. The van der Waals surface area contributed by atoms with Crippen molar-refractivity contribution >= 4 is 11.2 Å². The van der Waals surface area contributed by atoms with Crippen LogP contribution in [-0.2, 0) is 20.1 Å². The van der Waals surface area contributed by atoms with E-state index < -0.39 is 0 Å². The number of hydrogen-bond donors (Lipinski definition) is 0. The highest BCUT2D eigenvalue weighted by Crippen LogP contribution is 2.32. The van der Waals surface area contributed by atoms with Gasteiger partial charge in [0.25, 0.3) is 5.56 Å². The van der Waals surface area contributed by atoms with E-state index in [0.717, 1.165) is 12.0 Å². The molecule has 0 N–H and O–H groups in total. The van der Waals surface area contributed by atoms with Gasteiger partial charge in [-0.05, 0) is 31.0 Å². The summed E-state index contributed by atoms with van der Waals surface area (Å²) >= 11 is 0. The van der Waals surface area contributed by atoms with Crippen LogP contribution < -0.4 is 20.7 Å². The Hall–Kier alpha value is -3.03. The van der Waals surface area contributed by atoms with Gasteiger partial charge in [0.15, 0.2) is 22.7 Å². The third-order valence-electron chi connectivity index (χ3n) is 4.78. The van der Waals surface area contributed by atoms with Crippen LogP contribution in [-0.4, -0.2) is 32.9 Å². The van der Waals surface area contributed by atoms with Gasteiger partial charge in [0.1, 0.15) is 5.82 Å². The molecule has 0 unspecified atom stereocenters. The number of aromatic nitrogens is 4. The highest BCUT2D eigenvalue weighted by molar-refractivity contribution is 5.77. The first kappa shape index (κ1) is 19.7. The lowest BCUT2D eigenvalue weighted by molar-refractivity contribution is 0.355. The maximum Gasteiger partial charge on any atom is 0.332 e. The molecule has 0 saturated carbocycles. The van der Waals surface area contributed by atoms with Crippen molar-refractivity contribution < 1.29 is 9.47 Å². The summed E-state index contributed by atoms with van der Waals surface area (Å²) in [6, 6.07) is 5.46. The van der Waals surface area contributed by atoms with E-state index in [1.54, 1.807) is 36.5 Å². The van der Waals surface area contributed by atoms with Crippen LogP contribution in [0.3, 0.4) is 0 Å². The average Bonchev–Trinajstić information content (AvgIpc) is 3.05. The van der Waals surface area contributed by atoms with E-state index in [2.05, 4.69) is 4.98 Å². The van der Waals surface area contributed by atoms with E-state index in [-0.39, 0.29) is 11.2 Å². The second-order valence-corrected chi connectivity index (χ2v) is 6.63. The van der Waals surface area contributed by atoms with Gasteiger partial charge in [-0.3, -0.25) is 13.9 Å². The number of fused-ring (bicyclic) bond motifs is 1. The summed E-state index contributed by atoms with van der Waals surface area (Å²) in [6.07, 6.45) is 1.47. The predicted octanol–water partition coefficient (Wildman–Crippen LogP) is 2.40. The zero-order chi connectivity index (χ0) is 20.4. The number of imidazole rings is 1. The van der Waals surface area contributed by atoms with Gasteiger partial charge >= 0.3 is 5.69 Å². The fourth-order valence-electron chi connectivity index (χ4n) is 3.44. The van der Waals surface area contributed by atoms with E-state index in [0.29, 0.717) is 48.0 Å². The number of hydrogen-bond acceptors (Lipinski definition) is 5. The molecule has 0 aliphatic carbocycles. The Kier molecular flexibility index (Phi) is 5.58. The molecule has 0 spiro atoms. The quantitative estimate of drug-likeness (QED) is 0.623. The fourth-order valence-corrected chi connectivity index (χ4v) is 3.44. The maximum atomic E-state index is 13.0. The normalized spacial score (nSPS) is 11.2. The predicted molar refractivity (Wildman–Crippen MR) is 108 cm³/mol. The van der Waals surface area contributed by atoms with Gasteiger partial charge < -0.3 is 14.0 Å². The molecule has 0 saturated heterocycles. The lowest BCUT2D eigenvalue weighted by Gasteiger charge is -2.10. The number of ether oxygens (including phenoxy) is 2. The smallest absolute Gasteiger partial charge is 0.332 e. The zero-order valence-electron chi connectivity index (χ0n) is 17.0. The second kappa shape index (κ2) is 7.92. The SMILES string of the molecule is CCCn1c(=O)c2c(nc(-c3ccc(OC)c(OC)c3)n2C)n(CCC)c1=O. The van der Waals surface area contributed by atoms with E-state index in [1.807, 2.05) is 26.0 Å². The van der Waals surface area contributed by atoms with E-state index in [9.17, 15) is 9.59 Å². The molecule has 150 valence electrons. The van der Waals surface area contributed by atoms with Crippen LogP contribution in [0.2, 0.25) is 0 Å². The van der Waals surface area contributed by atoms with Crippen LogP contribution in [0.4, 0.5) is 0 Å². The van der Waals surface area contributed by atoms with Crippen LogP contribution in [0.5, 0.6) is 11.5 Å². The van der Waals surface area contributed by atoms with Gasteiger partial charge in [-0.1, -0.05) is 13.8 Å². The van der Waals surface area contributed by atoms with Crippen molar-refractivity contribution in [2.24, 2.45) is 7.05 Å². The highest BCUT2D eigenvalue weighted by atomic mass is 16.5. The minimum Gasteiger partial charge on any atom is -0.493 e. The second-order valence-electron chi connectivity index (χ2n) is 6.63. The van der Waals surface area contributed by atoms with Crippen LogP contribution in [0.25, 0.3) is 22.6 Å². The van der Waals surface area contributed by atoms with Crippen molar-refractivity contribution in [3.63, 3.8) is 0 Å². The Morgan fingerprint density at radius 3 is 2.21 bits per heavy atom. The highest BCUT2D eigenvalue weighted by Gasteiger charge is 2.21. The van der Waals surface area contributed by atoms with Crippen molar-refractivity contribution in [3.05, 3.63) is 39.0 Å². The molecule has 3 rings (SSSR count). The monoisotopic (exact) mass is 386 g/mol. The molecule has 3 aromatic rings. The number of methoxy groups -OCH3 is 2. The third-order valence-corrected chi connectivity index (χ3v) is 4.78. The summed E-state index contributed by atoms with van der Waals surface area (Å²) in [4.78, 5) is 30.6. The number of nitrogens with zero attached hydrogens (tertiary/aromatic N) is 4. The van der Waals surface area contributed by atoms with Gasteiger partial charge in [-0.25, -0.2) is 9.78 Å². The number of benzene rings is 1. The molecule has 28 heavy (non-hydrogen) atoms. The molecule has 0 amide bonds. The molecule has 0 atom stereocenters. The van der Waals surface area contributed by atoms with E-state index in [1.165, 1.54) is 4.57 Å². The van der Waals surface area contributed by atoms with Crippen LogP contribution >= 0.6 is 0 Å². The van der Waals surface area contributed by atoms with Crippen molar-refractivity contribution in [2.45, 2.75) is 39.8 Å². The molecular weight excluding hydrogens is 360 g/mol.